The third-order valence-electron chi connectivity index (χ3n) is 3.17. The zero-order chi connectivity index (χ0) is 10.1. The molecule has 2 amide bonds. The summed E-state index contributed by atoms with van der Waals surface area (Å²) in [5.41, 5.74) is 0. The van der Waals surface area contributed by atoms with E-state index in [-0.39, 0.29) is 6.03 Å². The van der Waals surface area contributed by atoms with Crippen LogP contribution in [-0.2, 0) is 0 Å². The Balaban J connectivity index is 2.16. The minimum Gasteiger partial charge on any atom is -0.321 e. The smallest absolute Gasteiger partial charge is 0.321 e. The van der Waals surface area contributed by atoms with Crippen LogP contribution in [-0.4, -0.2) is 28.5 Å². The van der Waals surface area contributed by atoms with Gasteiger partial charge in [-0.05, 0) is 19.3 Å². The second kappa shape index (κ2) is 3.85. The molecule has 0 radical (unpaired) electrons. The van der Waals surface area contributed by atoms with E-state index in [1.54, 1.807) is 0 Å². The Morgan fingerprint density at radius 3 is 3.07 bits per heavy atom. The minimum absolute atomic E-state index is 0.0139. The van der Waals surface area contributed by atoms with Crippen LogP contribution in [0.25, 0.3) is 0 Å². The summed E-state index contributed by atoms with van der Waals surface area (Å²) in [6.45, 7) is 2.96. The highest BCUT2D eigenvalue weighted by molar-refractivity contribution is 7.80. The molecule has 0 aromatic heterocycles. The monoisotopic (exact) mass is 212 g/mol. The zero-order valence-corrected chi connectivity index (χ0v) is 9.27. The van der Waals surface area contributed by atoms with Crippen LogP contribution in [0.1, 0.15) is 32.6 Å². The average molecular weight is 212 g/mol. The number of carbonyl (C=O) groups is 1. The molecule has 1 heterocycles. The molecule has 0 aromatic rings. The molecule has 1 saturated heterocycles. The first kappa shape index (κ1) is 9.90. The summed E-state index contributed by atoms with van der Waals surface area (Å²) in [5.74, 6) is 0.425. The average Bonchev–Trinajstić information content (AvgIpc) is 2.60. The number of nitrogens with one attached hydrogen (secondary N) is 1. The van der Waals surface area contributed by atoms with Gasteiger partial charge >= 0.3 is 6.03 Å². The summed E-state index contributed by atoms with van der Waals surface area (Å²) < 4.78 is 0. The van der Waals surface area contributed by atoms with Crippen LogP contribution in [0.4, 0.5) is 4.79 Å². The Bertz CT molecular complexity index is 267. The molecular weight excluding hydrogens is 196 g/mol. The molecular formula is C10H16N2OS. The molecule has 2 unspecified atom stereocenters. The number of amides is 2. The second-order valence-corrected chi connectivity index (χ2v) is 4.53. The largest absolute Gasteiger partial charge is 0.322 e. The molecule has 0 bridgehead atoms. The van der Waals surface area contributed by atoms with E-state index in [1.165, 1.54) is 6.42 Å². The van der Waals surface area contributed by atoms with Gasteiger partial charge in [-0.25, -0.2) is 4.79 Å². The van der Waals surface area contributed by atoms with E-state index in [2.05, 4.69) is 12.2 Å². The van der Waals surface area contributed by atoms with Crippen molar-refractivity contribution in [1.82, 2.24) is 10.2 Å². The molecule has 2 atom stereocenters. The lowest BCUT2D eigenvalue weighted by atomic mass is 10.00. The Kier molecular flexibility index (Phi) is 2.72. The Labute approximate surface area is 89.8 Å². The van der Waals surface area contributed by atoms with Gasteiger partial charge in [0.1, 0.15) is 0 Å². The topological polar surface area (TPSA) is 32.3 Å². The lowest BCUT2D eigenvalue weighted by Gasteiger charge is -2.38. The molecule has 1 aliphatic carbocycles. The molecule has 2 fully saturated rings. The molecule has 14 heavy (non-hydrogen) atoms. The van der Waals surface area contributed by atoms with Crippen molar-refractivity contribution in [1.29, 1.82) is 0 Å². The van der Waals surface area contributed by atoms with Gasteiger partial charge in [0.2, 0.25) is 0 Å². The maximum Gasteiger partial charge on any atom is 0.322 e. The van der Waals surface area contributed by atoms with E-state index < -0.39 is 0 Å². The van der Waals surface area contributed by atoms with Gasteiger partial charge in [0.25, 0.3) is 0 Å². The van der Waals surface area contributed by atoms with Gasteiger partial charge in [0.15, 0.2) is 0 Å². The minimum atomic E-state index is 0.0139. The Morgan fingerprint density at radius 2 is 2.36 bits per heavy atom. The van der Waals surface area contributed by atoms with Crippen molar-refractivity contribution in [3.05, 3.63) is 0 Å². The molecule has 2 aliphatic rings. The van der Waals surface area contributed by atoms with Crippen LogP contribution in [0.5, 0.6) is 0 Å². The molecule has 4 heteroatoms. The Hall–Kier alpha value is -0.640. The number of urea groups is 1. The van der Waals surface area contributed by atoms with Crippen LogP contribution in [0.3, 0.4) is 0 Å². The molecule has 1 saturated carbocycles. The van der Waals surface area contributed by atoms with Crippen LogP contribution < -0.4 is 5.32 Å². The first-order valence-corrected chi connectivity index (χ1v) is 5.76. The summed E-state index contributed by atoms with van der Waals surface area (Å²) in [5, 5.41) is 2.80. The molecule has 1 N–H and O–H groups in total. The van der Waals surface area contributed by atoms with Gasteiger partial charge < -0.3 is 10.2 Å². The number of nitrogens with zero attached hydrogens (tertiary/aromatic N) is 1. The van der Waals surface area contributed by atoms with Crippen molar-refractivity contribution in [2.75, 3.05) is 6.54 Å². The number of fused-ring (bicyclic) bond motifs is 1. The van der Waals surface area contributed by atoms with Crippen LogP contribution in [0.2, 0.25) is 0 Å². The normalized spacial score (nSPS) is 31.6. The summed E-state index contributed by atoms with van der Waals surface area (Å²) in [6, 6.07) is 0.399. The van der Waals surface area contributed by atoms with Gasteiger partial charge in [0, 0.05) is 18.5 Å². The third-order valence-corrected chi connectivity index (χ3v) is 3.58. The van der Waals surface area contributed by atoms with E-state index in [1.807, 2.05) is 4.90 Å². The zero-order valence-electron chi connectivity index (χ0n) is 8.45. The van der Waals surface area contributed by atoms with Crippen molar-refractivity contribution >= 4 is 23.2 Å². The van der Waals surface area contributed by atoms with E-state index in [0.29, 0.717) is 12.0 Å². The fourth-order valence-corrected chi connectivity index (χ4v) is 2.91. The number of rotatable bonds is 2. The standard InChI is InChI=1S/C10H16N2OS/c1-2-6-12-8-5-3-4-7(8)9(14)11-10(12)13/h7-8H,2-6H2,1H3,(H,11,13,14). The first-order valence-electron chi connectivity index (χ1n) is 5.35. The highest BCUT2D eigenvalue weighted by atomic mass is 32.1. The molecule has 2 rings (SSSR count). The van der Waals surface area contributed by atoms with E-state index in [4.69, 9.17) is 12.2 Å². The van der Waals surface area contributed by atoms with Crippen LogP contribution in [0.15, 0.2) is 0 Å². The third kappa shape index (κ3) is 1.52. The van der Waals surface area contributed by atoms with Crippen molar-refractivity contribution < 1.29 is 4.79 Å². The molecule has 3 nitrogen and oxygen atoms in total. The van der Waals surface area contributed by atoms with Gasteiger partial charge in [-0.1, -0.05) is 25.6 Å². The van der Waals surface area contributed by atoms with Gasteiger partial charge in [-0.15, -0.1) is 0 Å². The summed E-state index contributed by atoms with van der Waals surface area (Å²) in [4.78, 5) is 14.4. The van der Waals surface area contributed by atoms with Gasteiger partial charge in [-0.3, -0.25) is 0 Å². The maximum atomic E-state index is 11.7. The molecule has 0 spiro atoms. The second-order valence-electron chi connectivity index (χ2n) is 4.09. The fourth-order valence-electron chi connectivity index (χ4n) is 2.55. The lowest BCUT2D eigenvalue weighted by molar-refractivity contribution is 0.163. The highest BCUT2D eigenvalue weighted by Gasteiger charge is 2.41. The predicted octanol–water partition coefficient (Wildman–Crippen LogP) is 1.92. The van der Waals surface area contributed by atoms with Crippen LogP contribution in [0, 0.1) is 5.92 Å². The van der Waals surface area contributed by atoms with Crippen molar-refractivity contribution in [2.45, 2.75) is 38.6 Å². The van der Waals surface area contributed by atoms with E-state index in [9.17, 15) is 4.79 Å². The number of hydrogen-bond acceptors (Lipinski definition) is 2. The lowest BCUT2D eigenvalue weighted by Crippen LogP contribution is -2.57. The number of hydrogen-bond donors (Lipinski definition) is 1. The SMILES string of the molecule is CCCN1C(=O)NC(=S)C2CCCC21. The van der Waals surface area contributed by atoms with Gasteiger partial charge in [0.05, 0.1) is 4.99 Å². The quantitative estimate of drug-likeness (QED) is 0.709. The van der Waals surface area contributed by atoms with Crippen molar-refractivity contribution in [3.63, 3.8) is 0 Å². The predicted molar refractivity (Wildman–Crippen MR) is 59.3 cm³/mol. The van der Waals surface area contributed by atoms with Gasteiger partial charge in [-0.2, -0.15) is 0 Å². The first-order chi connectivity index (χ1) is 6.74. The number of carbonyl (C=O) groups excluding carboxylic acids is 1. The van der Waals surface area contributed by atoms with Crippen molar-refractivity contribution in [3.8, 4) is 0 Å². The fraction of sp³-hybridized carbons (Fsp3) is 0.800. The molecule has 0 aromatic carbocycles. The van der Waals surface area contributed by atoms with Crippen LogP contribution >= 0.6 is 12.2 Å². The van der Waals surface area contributed by atoms with Crippen molar-refractivity contribution in [2.24, 2.45) is 5.92 Å². The molecule has 78 valence electrons. The van der Waals surface area contributed by atoms with E-state index in [0.717, 1.165) is 30.8 Å². The maximum absolute atomic E-state index is 11.7. The Morgan fingerprint density at radius 1 is 1.57 bits per heavy atom. The summed E-state index contributed by atoms with van der Waals surface area (Å²) >= 11 is 5.20. The van der Waals surface area contributed by atoms with E-state index >= 15 is 0 Å². The summed E-state index contributed by atoms with van der Waals surface area (Å²) in [7, 11) is 0. The highest BCUT2D eigenvalue weighted by Crippen LogP contribution is 2.33. The number of thiocarbonyl (C=S) groups is 1. The summed E-state index contributed by atoms with van der Waals surface area (Å²) in [6.07, 6.45) is 4.48. The molecule has 1 aliphatic heterocycles.